The molecule has 0 fully saturated rings. The van der Waals surface area contributed by atoms with Crippen LogP contribution in [0.5, 0.6) is 0 Å². The summed E-state index contributed by atoms with van der Waals surface area (Å²) in [6.07, 6.45) is 0.143. The fourth-order valence-electron chi connectivity index (χ4n) is 1.69. The van der Waals surface area contributed by atoms with Gasteiger partial charge in [0.1, 0.15) is 0 Å². The van der Waals surface area contributed by atoms with Crippen molar-refractivity contribution >= 4 is 27.6 Å². The zero-order chi connectivity index (χ0) is 14.4. The maximum atomic E-state index is 11.7. The number of carbonyl (C=O) groups is 1. The maximum absolute atomic E-state index is 11.7. The van der Waals surface area contributed by atoms with E-state index in [1.54, 1.807) is 6.92 Å². The molecule has 19 heavy (non-hydrogen) atoms. The Hall–Kier alpha value is -1.07. The minimum atomic E-state index is -0.404. The molecule has 1 aromatic rings. The molecule has 0 spiro atoms. The fourth-order valence-corrected chi connectivity index (χ4v) is 2.06. The van der Waals surface area contributed by atoms with Crippen molar-refractivity contribution < 1.29 is 9.90 Å². The second-order valence-electron chi connectivity index (χ2n) is 4.90. The normalized spacial score (nSPS) is 12.3. The largest absolute Gasteiger partial charge is 0.393 e. The lowest BCUT2D eigenvalue weighted by Gasteiger charge is -2.15. The van der Waals surface area contributed by atoms with Crippen molar-refractivity contribution in [1.29, 1.82) is 0 Å². The number of hydrogen-bond acceptors (Lipinski definition) is 2. The number of hydrogen-bond donors (Lipinski definition) is 3. The number of nitrogens with one attached hydrogen (secondary N) is 2. The minimum absolute atomic E-state index is 0.245. The van der Waals surface area contributed by atoms with Crippen molar-refractivity contribution in [1.82, 2.24) is 5.32 Å². The Labute approximate surface area is 122 Å². The molecule has 2 amide bonds. The van der Waals surface area contributed by atoms with Crippen LogP contribution in [0, 0.1) is 0 Å². The molecule has 0 aliphatic heterocycles. The highest BCUT2D eigenvalue weighted by Gasteiger charge is 2.10. The second-order valence-corrected chi connectivity index (χ2v) is 5.82. The van der Waals surface area contributed by atoms with Gasteiger partial charge in [-0.25, -0.2) is 4.79 Å². The molecule has 0 aliphatic rings. The van der Waals surface area contributed by atoms with Crippen molar-refractivity contribution in [2.45, 2.75) is 39.2 Å². The predicted octanol–water partition coefficient (Wildman–Crippen LogP) is 3.46. The zero-order valence-electron chi connectivity index (χ0n) is 11.5. The highest BCUT2D eigenvalue weighted by molar-refractivity contribution is 9.10. The molecule has 3 N–H and O–H groups in total. The lowest BCUT2D eigenvalue weighted by Crippen LogP contribution is -2.31. The van der Waals surface area contributed by atoms with Crippen LogP contribution in [0.15, 0.2) is 22.7 Å². The lowest BCUT2D eigenvalue weighted by molar-refractivity contribution is 0.184. The summed E-state index contributed by atoms with van der Waals surface area (Å²) >= 11 is 3.43. The topological polar surface area (TPSA) is 61.4 Å². The number of urea groups is 1. The van der Waals surface area contributed by atoms with Gasteiger partial charge in [0.15, 0.2) is 0 Å². The van der Waals surface area contributed by atoms with Gasteiger partial charge in [-0.05, 0) is 43.0 Å². The van der Waals surface area contributed by atoms with E-state index >= 15 is 0 Å². The Morgan fingerprint density at radius 3 is 2.63 bits per heavy atom. The number of benzene rings is 1. The molecule has 4 nitrogen and oxygen atoms in total. The third kappa shape index (κ3) is 5.61. The first-order valence-corrected chi connectivity index (χ1v) is 7.21. The summed E-state index contributed by atoms with van der Waals surface area (Å²) in [5, 5.41) is 14.7. The standard InChI is InChI=1S/C14H21BrN2O2/c1-9(2)12-8-11(15)4-5-13(12)17-14(19)16-7-6-10(3)18/h4-5,8-10,18H,6-7H2,1-3H3,(H2,16,17,19). The van der Waals surface area contributed by atoms with E-state index in [9.17, 15) is 4.79 Å². The van der Waals surface area contributed by atoms with E-state index in [-0.39, 0.29) is 6.03 Å². The third-order valence-electron chi connectivity index (χ3n) is 2.73. The van der Waals surface area contributed by atoms with Gasteiger partial charge in [0.05, 0.1) is 6.10 Å². The number of rotatable bonds is 5. The Morgan fingerprint density at radius 2 is 2.05 bits per heavy atom. The molecule has 106 valence electrons. The van der Waals surface area contributed by atoms with Crippen molar-refractivity contribution in [3.63, 3.8) is 0 Å². The number of halogens is 1. The van der Waals surface area contributed by atoms with Crippen LogP contribution >= 0.6 is 15.9 Å². The Bertz CT molecular complexity index is 433. The molecule has 0 bridgehead atoms. The van der Waals surface area contributed by atoms with Crippen LogP contribution in [0.3, 0.4) is 0 Å². The molecule has 1 unspecified atom stereocenters. The molecule has 0 saturated carbocycles. The van der Waals surface area contributed by atoms with Gasteiger partial charge >= 0.3 is 6.03 Å². The average Bonchev–Trinajstić information content (AvgIpc) is 2.30. The molecule has 1 rings (SSSR count). The molecule has 1 aromatic carbocycles. The van der Waals surface area contributed by atoms with Gasteiger partial charge in [-0.2, -0.15) is 0 Å². The minimum Gasteiger partial charge on any atom is -0.393 e. The van der Waals surface area contributed by atoms with Gasteiger partial charge < -0.3 is 15.7 Å². The number of anilines is 1. The van der Waals surface area contributed by atoms with Crippen LogP contribution in [0.2, 0.25) is 0 Å². The summed E-state index contributed by atoms with van der Waals surface area (Å²) in [5.41, 5.74) is 1.90. The Morgan fingerprint density at radius 1 is 1.37 bits per heavy atom. The number of amides is 2. The van der Waals surface area contributed by atoms with Gasteiger partial charge in [-0.15, -0.1) is 0 Å². The highest BCUT2D eigenvalue weighted by atomic mass is 79.9. The van der Waals surface area contributed by atoms with Gasteiger partial charge in [-0.3, -0.25) is 0 Å². The molecular weight excluding hydrogens is 308 g/mol. The van der Waals surface area contributed by atoms with E-state index in [4.69, 9.17) is 5.11 Å². The quantitative estimate of drug-likeness (QED) is 0.775. The third-order valence-corrected chi connectivity index (χ3v) is 3.22. The number of aliphatic hydroxyl groups excluding tert-OH is 1. The van der Waals surface area contributed by atoms with Crippen molar-refractivity contribution in [3.05, 3.63) is 28.2 Å². The molecule has 0 heterocycles. The van der Waals surface area contributed by atoms with Crippen LogP contribution in [-0.2, 0) is 0 Å². The van der Waals surface area contributed by atoms with E-state index in [1.165, 1.54) is 0 Å². The first-order chi connectivity index (χ1) is 8.90. The van der Waals surface area contributed by atoms with Gasteiger partial charge in [0.25, 0.3) is 0 Å². The molecule has 1 atom stereocenters. The molecule has 0 saturated heterocycles. The number of aliphatic hydroxyl groups is 1. The van der Waals surface area contributed by atoms with Crippen LogP contribution in [0.25, 0.3) is 0 Å². The average molecular weight is 329 g/mol. The van der Waals surface area contributed by atoms with Gasteiger partial charge in [0, 0.05) is 16.7 Å². The summed E-state index contributed by atoms with van der Waals surface area (Å²) in [6.45, 7) is 6.32. The second kappa shape index (κ2) is 7.50. The lowest BCUT2D eigenvalue weighted by atomic mass is 10.0. The number of carbonyl (C=O) groups excluding carboxylic acids is 1. The van der Waals surface area contributed by atoms with E-state index in [0.717, 1.165) is 15.7 Å². The van der Waals surface area contributed by atoms with Crippen LogP contribution in [0.1, 0.15) is 38.7 Å². The van der Waals surface area contributed by atoms with Crippen molar-refractivity contribution in [2.24, 2.45) is 0 Å². The molecule has 0 radical (unpaired) electrons. The molecule has 5 heteroatoms. The smallest absolute Gasteiger partial charge is 0.319 e. The Balaban J connectivity index is 2.63. The zero-order valence-corrected chi connectivity index (χ0v) is 13.1. The van der Waals surface area contributed by atoms with E-state index in [2.05, 4.69) is 40.4 Å². The predicted molar refractivity (Wildman–Crippen MR) is 81.6 cm³/mol. The summed E-state index contributed by atoms with van der Waals surface area (Å²) < 4.78 is 0.997. The van der Waals surface area contributed by atoms with E-state index < -0.39 is 6.10 Å². The summed E-state index contributed by atoms with van der Waals surface area (Å²) in [6, 6.07) is 5.55. The van der Waals surface area contributed by atoms with Crippen LogP contribution < -0.4 is 10.6 Å². The van der Waals surface area contributed by atoms with Crippen LogP contribution in [0.4, 0.5) is 10.5 Å². The maximum Gasteiger partial charge on any atom is 0.319 e. The SMILES string of the molecule is CC(O)CCNC(=O)Nc1ccc(Br)cc1C(C)C. The van der Waals surface area contributed by atoms with E-state index in [0.29, 0.717) is 18.9 Å². The first kappa shape index (κ1) is 16.0. The molecule has 0 aromatic heterocycles. The van der Waals surface area contributed by atoms with Crippen LogP contribution in [-0.4, -0.2) is 23.8 Å². The van der Waals surface area contributed by atoms with Gasteiger partial charge in [0.2, 0.25) is 0 Å². The van der Waals surface area contributed by atoms with Gasteiger partial charge in [-0.1, -0.05) is 29.8 Å². The Kier molecular flexibility index (Phi) is 6.31. The molecular formula is C14H21BrN2O2. The fraction of sp³-hybridized carbons (Fsp3) is 0.500. The molecule has 0 aliphatic carbocycles. The summed E-state index contributed by atoms with van der Waals surface area (Å²) in [4.78, 5) is 11.7. The first-order valence-electron chi connectivity index (χ1n) is 6.42. The highest BCUT2D eigenvalue weighted by Crippen LogP contribution is 2.27. The summed E-state index contributed by atoms with van der Waals surface area (Å²) in [7, 11) is 0. The van der Waals surface area contributed by atoms with Crippen molar-refractivity contribution in [3.8, 4) is 0 Å². The summed E-state index contributed by atoms with van der Waals surface area (Å²) in [5.74, 6) is 0.324. The van der Waals surface area contributed by atoms with Crippen molar-refractivity contribution in [2.75, 3.05) is 11.9 Å². The monoisotopic (exact) mass is 328 g/mol. The van der Waals surface area contributed by atoms with E-state index in [1.807, 2.05) is 18.2 Å².